The van der Waals surface area contributed by atoms with E-state index in [2.05, 4.69) is 30.1 Å². The van der Waals surface area contributed by atoms with Gasteiger partial charge in [-0.15, -0.1) is 0 Å². The van der Waals surface area contributed by atoms with Crippen molar-refractivity contribution in [2.24, 2.45) is 0 Å². The lowest BCUT2D eigenvalue weighted by atomic mass is 10.1. The molecule has 0 radical (unpaired) electrons. The average molecular weight is 136 g/mol. The molecule has 0 spiro atoms. The minimum atomic E-state index is 0.550. The SMILES string of the molecule is Cc1cc(C(C)C)cnn1. The molecule has 0 amide bonds. The van der Waals surface area contributed by atoms with E-state index < -0.39 is 0 Å². The molecule has 1 aromatic heterocycles. The Morgan fingerprint density at radius 1 is 1.40 bits per heavy atom. The van der Waals surface area contributed by atoms with Gasteiger partial charge in [-0.25, -0.2) is 0 Å². The summed E-state index contributed by atoms with van der Waals surface area (Å²) in [5.74, 6) is 0.550. The summed E-state index contributed by atoms with van der Waals surface area (Å²) in [5, 5.41) is 7.73. The van der Waals surface area contributed by atoms with E-state index in [1.165, 1.54) is 5.56 Å². The lowest BCUT2D eigenvalue weighted by Crippen LogP contribution is -1.92. The number of aryl methyl sites for hydroxylation is 1. The Morgan fingerprint density at radius 2 is 2.10 bits per heavy atom. The van der Waals surface area contributed by atoms with Crippen LogP contribution in [0.15, 0.2) is 12.3 Å². The number of nitrogens with zero attached hydrogens (tertiary/aromatic N) is 2. The van der Waals surface area contributed by atoms with E-state index in [0.717, 1.165) is 5.69 Å². The van der Waals surface area contributed by atoms with Crippen LogP contribution in [0.3, 0.4) is 0 Å². The van der Waals surface area contributed by atoms with Gasteiger partial charge in [-0.3, -0.25) is 0 Å². The highest BCUT2D eigenvalue weighted by Crippen LogP contribution is 2.11. The third-order valence-corrected chi connectivity index (χ3v) is 1.46. The van der Waals surface area contributed by atoms with Crippen molar-refractivity contribution in [3.05, 3.63) is 23.5 Å². The molecule has 10 heavy (non-hydrogen) atoms. The van der Waals surface area contributed by atoms with Gasteiger partial charge < -0.3 is 0 Å². The monoisotopic (exact) mass is 136 g/mol. The largest absolute Gasteiger partial charge is 0.159 e. The van der Waals surface area contributed by atoms with E-state index in [0.29, 0.717) is 5.92 Å². The number of aromatic nitrogens is 2. The first-order valence-electron chi connectivity index (χ1n) is 3.49. The van der Waals surface area contributed by atoms with Crippen LogP contribution in [0, 0.1) is 6.92 Å². The van der Waals surface area contributed by atoms with Crippen molar-refractivity contribution >= 4 is 0 Å². The Morgan fingerprint density at radius 3 is 2.50 bits per heavy atom. The second-order valence-corrected chi connectivity index (χ2v) is 2.78. The van der Waals surface area contributed by atoms with Gasteiger partial charge in [0.05, 0.1) is 11.9 Å². The Hall–Kier alpha value is -0.920. The summed E-state index contributed by atoms with van der Waals surface area (Å²) in [6, 6.07) is 2.07. The van der Waals surface area contributed by atoms with Gasteiger partial charge in [0.2, 0.25) is 0 Å². The number of rotatable bonds is 1. The van der Waals surface area contributed by atoms with E-state index in [9.17, 15) is 0 Å². The highest BCUT2D eigenvalue weighted by Gasteiger charge is 1.98. The van der Waals surface area contributed by atoms with Crippen LogP contribution in [0.2, 0.25) is 0 Å². The maximum Gasteiger partial charge on any atom is 0.0603 e. The van der Waals surface area contributed by atoms with Crippen molar-refractivity contribution < 1.29 is 0 Å². The van der Waals surface area contributed by atoms with Crippen molar-refractivity contribution in [3.8, 4) is 0 Å². The van der Waals surface area contributed by atoms with Crippen LogP contribution in [0.4, 0.5) is 0 Å². The average Bonchev–Trinajstić information content (AvgIpc) is 1.88. The first kappa shape index (κ1) is 7.19. The lowest BCUT2D eigenvalue weighted by Gasteiger charge is -2.02. The van der Waals surface area contributed by atoms with Gasteiger partial charge in [0.15, 0.2) is 0 Å². The smallest absolute Gasteiger partial charge is 0.0603 e. The second-order valence-electron chi connectivity index (χ2n) is 2.78. The summed E-state index contributed by atoms with van der Waals surface area (Å²) in [4.78, 5) is 0. The minimum absolute atomic E-state index is 0.550. The van der Waals surface area contributed by atoms with Gasteiger partial charge >= 0.3 is 0 Å². The van der Waals surface area contributed by atoms with E-state index >= 15 is 0 Å². The third-order valence-electron chi connectivity index (χ3n) is 1.46. The van der Waals surface area contributed by atoms with E-state index in [1.807, 2.05) is 13.1 Å². The zero-order valence-corrected chi connectivity index (χ0v) is 6.63. The van der Waals surface area contributed by atoms with Crippen molar-refractivity contribution in [2.75, 3.05) is 0 Å². The molecular weight excluding hydrogens is 124 g/mol. The topological polar surface area (TPSA) is 25.8 Å². The van der Waals surface area contributed by atoms with Crippen molar-refractivity contribution in [1.29, 1.82) is 0 Å². The molecule has 0 bridgehead atoms. The summed E-state index contributed by atoms with van der Waals surface area (Å²) < 4.78 is 0. The van der Waals surface area contributed by atoms with Crippen LogP contribution >= 0.6 is 0 Å². The molecule has 0 unspecified atom stereocenters. The van der Waals surface area contributed by atoms with Gasteiger partial charge in [0, 0.05) is 0 Å². The van der Waals surface area contributed by atoms with Crippen LogP contribution in [-0.2, 0) is 0 Å². The Bertz CT molecular complexity index is 218. The standard InChI is InChI=1S/C8H12N2/c1-6(2)8-4-7(3)10-9-5-8/h4-6H,1-3H3. The van der Waals surface area contributed by atoms with Crippen LogP contribution in [0.5, 0.6) is 0 Å². The number of hydrogen-bond donors (Lipinski definition) is 0. The molecule has 2 nitrogen and oxygen atoms in total. The predicted octanol–water partition coefficient (Wildman–Crippen LogP) is 1.91. The van der Waals surface area contributed by atoms with E-state index in [4.69, 9.17) is 0 Å². The lowest BCUT2D eigenvalue weighted by molar-refractivity contribution is 0.831. The molecule has 0 aromatic carbocycles. The summed E-state index contributed by atoms with van der Waals surface area (Å²) in [5.41, 5.74) is 2.25. The maximum atomic E-state index is 3.87. The molecule has 0 atom stereocenters. The van der Waals surface area contributed by atoms with Gasteiger partial charge in [-0.1, -0.05) is 13.8 Å². The van der Waals surface area contributed by atoms with E-state index in [1.54, 1.807) is 0 Å². The third kappa shape index (κ3) is 1.53. The maximum absolute atomic E-state index is 3.87. The Balaban J connectivity index is 2.96. The van der Waals surface area contributed by atoms with Crippen LogP contribution < -0.4 is 0 Å². The highest BCUT2D eigenvalue weighted by atomic mass is 15.1. The molecule has 0 saturated carbocycles. The number of hydrogen-bond acceptors (Lipinski definition) is 2. The quantitative estimate of drug-likeness (QED) is 0.589. The van der Waals surface area contributed by atoms with Crippen molar-refractivity contribution in [2.45, 2.75) is 26.7 Å². The van der Waals surface area contributed by atoms with Crippen molar-refractivity contribution in [1.82, 2.24) is 10.2 Å². The predicted molar refractivity (Wildman–Crippen MR) is 40.9 cm³/mol. The Kier molecular flexibility index (Phi) is 2.00. The normalized spacial score (nSPS) is 10.4. The molecule has 1 rings (SSSR count). The fraction of sp³-hybridized carbons (Fsp3) is 0.500. The Labute approximate surface area is 61.3 Å². The summed E-state index contributed by atoms with van der Waals surface area (Å²) in [6.07, 6.45) is 1.82. The van der Waals surface area contributed by atoms with Crippen molar-refractivity contribution in [3.63, 3.8) is 0 Å². The summed E-state index contributed by atoms with van der Waals surface area (Å²) in [7, 11) is 0. The first-order valence-corrected chi connectivity index (χ1v) is 3.49. The van der Waals surface area contributed by atoms with E-state index in [-0.39, 0.29) is 0 Å². The first-order chi connectivity index (χ1) is 4.70. The van der Waals surface area contributed by atoms with Crippen LogP contribution in [0.25, 0.3) is 0 Å². The van der Waals surface area contributed by atoms with Crippen LogP contribution in [0.1, 0.15) is 31.0 Å². The molecule has 2 heteroatoms. The molecule has 0 aliphatic rings. The van der Waals surface area contributed by atoms with Crippen LogP contribution in [-0.4, -0.2) is 10.2 Å². The fourth-order valence-corrected chi connectivity index (χ4v) is 0.810. The second kappa shape index (κ2) is 2.78. The molecule has 1 heterocycles. The van der Waals surface area contributed by atoms with Gasteiger partial charge in [-0.2, -0.15) is 10.2 Å². The van der Waals surface area contributed by atoms with Gasteiger partial charge in [-0.05, 0) is 24.5 Å². The molecule has 0 fully saturated rings. The highest BCUT2D eigenvalue weighted by molar-refractivity contribution is 5.14. The van der Waals surface area contributed by atoms with Gasteiger partial charge in [0.1, 0.15) is 0 Å². The summed E-state index contributed by atoms with van der Waals surface area (Å²) >= 11 is 0. The molecule has 1 aromatic rings. The minimum Gasteiger partial charge on any atom is -0.159 e. The summed E-state index contributed by atoms with van der Waals surface area (Å²) in [6.45, 7) is 6.26. The molecule has 0 N–H and O–H groups in total. The molecular formula is C8H12N2. The molecule has 0 aliphatic carbocycles. The zero-order valence-electron chi connectivity index (χ0n) is 6.63. The molecule has 0 aliphatic heterocycles. The molecule has 54 valence electrons. The van der Waals surface area contributed by atoms with Gasteiger partial charge in [0.25, 0.3) is 0 Å². The fourth-order valence-electron chi connectivity index (χ4n) is 0.810. The molecule has 0 saturated heterocycles. The zero-order chi connectivity index (χ0) is 7.56.